The van der Waals surface area contributed by atoms with Crippen LogP contribution in [0.1, 0.15) is 19.8 Å². The van der Waals surface area contributed by atoms with Crippen LogP contribution >= 0.6 is 0 Å². The molecule has 2 N–H and O–H groups in total. The summed E-state index contributed by atoms with van der Waals surface area (Å²) in [4.78, 5) is 0. The zero-order valence-electron chi connectivity index (χ0n) is 10.4. The average molecular weight is 273 g/mol. The van der Waals surface area contributed by atoms with E-state index < -0.39 is 10.0 Å². The minimum atomic E-state index is -3.38. The summed E-state index contributed by atoms with van der Waals surface area (Å²) in [5, 5.41) is 8.61. The summed E-state index contributed by atoms with van der Waals surface area (Å²) in [6.07, 6.45) is 1.16. The zero-order chi connectivity index (χ0) is 13.4. The summed E-state index contributed by atoms with van der Waals surface area (Å²) >= 11 is 0. The van der Waals surface area contributed by atoms with Crippen LogP contribution in [0.5, 0.6) is 5.75 Å². The Balaban J connectivity index is 2.57. The number of aliphatic hydroxyl groups excluding tert-OH is 1. The summed E-state index contributed by atoms with van der Waals surface area (Å²) in [6.45, 7) is 2.52. The first-order valence-electron chi connectivity index (χ1n) is 5.91. The molecular formula is C12H19NO4S. The molecule has 6 heteroatoms. The fourth-order valence-corrected chi connectivity index (χ4v) is 2.43. The molecule has 0 atom stereocenters. The molecule has 0 saturated carbocycles. The van der Waals surface area contributed by atoms with Crippen LogP contribution in [-0.4, -0.2) is 32.5 Å². The second-order valence-electron chi connectivity index (χ2n) is 3.87. The van der Waals surface area contributed by atoms with Gasteiger partial charge in [-0.15, -0.1) is 0 Å². The van der Waals surface area contributed by atoms with Gasteiger partial charge in [0.25, 0.3) is 0 Å². The van der Waals surface area contributed by atoms with E-state index in [0.29, 0.717) is 12.3 Å². The first-order valence-corrected chi connectivity index (χ1v) is 7.57. The van der Waals surface area contributed by atoms with Crippen LogP contribution in [0.3, 0.4) is 0 Å². The lowest BCUT2D eigenvalue weighted by Gasteiger charge is -2.08. The molecule has 102 valence electrons. The van der Waals surface area contributed by atoms with Crippen molar-refractivity contribution < 1.29 is 18.3 Å². The Bertz CT molecular complexity index is 442. The lowest BCUT2D eigenvalue weighted by Crippen LogP contribution is -2.17. The van der Waals surface area contributed by atoms with Gasteiger partial charge in [0.05, 0.1) is 12.4 Å². The second kappa shape index (κ2) is 7.23. The van der Waals surface area contributed by atoms with E-state index in [1.165, 1.54) is 0 Å². The highest BCUT2D eigenvalue weighted by Gasteiger charge is 2.09. The smallest absolute Gasteiger partial charge is 0.232 e. The number of hydrogen-bond donors (Lipinski definition) is 2. The van der Waals surface area contributed by atoms with Gasteiger partial charge in [-0.3, -0.25) is 4.72 Å². The Hall–Kier alpha value is -1.27. The van der Waals surface area contributed by atoms with Crippen molar-refractivity contribution in [2.75, 3.05) is 23.7 Å². The van der Waals surface area contributed by atoms with E-state index in [2.05, 4.69) is 4.72 Å². The Morgan fingerprint density at radius 2 is 1.94 bits per heavy atom. The molecule has 0 unspecified atom stereocenters. The highest BCUT2D eigenvalue weighted by molar-refractivity contribution is 7.92. The van der Waals surface area contributed by atoms with Gasteiger partial charge >= 0.3 is 0 Å². The monoisotopic (exact) mass is 273 g/mol. The van der Waals surface area contributed by atoms with Gasteiger partial charge in [0.1, 0.15) is 5.75 Å². The van der Waals surface area contributed by atoms with Crippen molar-refractivity contribution in [2.45, 2.75) is 19.8 Å². The molecule has 1 rings (SSSR count). The quantitative estimate of drug-likeness (QED) is 0.754. The molecule has 0 fully saturated rings. The van der Waals surface area contributed by atoms with Gasteiger partial charge in [0.15, 0.2) is 0 Å². The van der Waals surface area contributed by atoms with Crippen molar-refractivity contribution in [1.29, 1.82) is 0 Å². The van der Waals surface area contributed by atoms with E-state index in [0.717, 1.165) is 12.2 Å². The van der Waals surface area contributed by atoms with Crippen molar-refractivity contribution in [2.24, 2.45) is 0 Å². The second-order valence-corrected chi connectivity index (χ2v) is 5.71. The Morgan fingerprint density at radius 1 is 1.28 bits per heavy atom. The summed E-state index contributed by atoms with van der Waals surface area (Å²) in [5.74, 6) is 0.632. The number of anilines is 1. The molecule has 1 aromatic rings. The Morgan fingerprint density at radius 3 is 2.50 bits per heavy atom. The van der Waals surface area contributed by atoms with Gasteiger partial charge < -0.3 is 9.84 Å². The summed E-state index contributed by atoms with van der Waals surface area (Å²) in [5.41, 5.74) is 0.497. The van der Waals surface area contributed by atoms with Crippen molar-refractivity contribution in [3.63, 3.8) is 0 Å². The molecule has 0 aliphatic rings. The third-order valence-corrected chi connectivity index (χ3v) is 3.54. The zero-order valence-corrected chi connectivity index (χ0v) is 11.2. The van der Waals surface area contributed by atoms with Crippen LogP contribution in [0.2, 0.25) is 0 Å². The van der Waals surface area contributed by atoms with Crippen molar-refractivity contribution in [1.82, 2.24) is 0 Å². The summed E-state index contributed by atoms with van der Waals surface area (Å²) < 4.78 is 31.0. The minimum absolute atomic E-state index is 0.0857. The first kappa shape index (κ1) is 14.8. The molecule has 0 saturated heterocycles. The molecule has 0 amide bonds. The van der Waals surface area contributed by atoms with Crippen molar-refractivity contribution >= 4 is 15.7 Å². The van der Waals surface area contributed by atoms with Crippen LogP contribution < -0.4 is 9.46 Å². The maximum absolute atomic E-state index is 11.6. The van der Waals surface area contributed by atoms with E-state index >= 15 is 0 Å². The van der Waals surface area contributed by atoms with Gasteiger partial charge in [-0.1, -0.05) is 6.92 Å². The average Bonchev–Trinajstić information content (AvgIpc) is 2.35. The van der Waals surface area contributed by atoms with Crippen LogP contribution in [0, 0.1) is 0 Å². The van der Waals surface area contributed by atoms with Crippen molar-refractivity contribution in [3.8, 4) is 5.75 Å². The van der Waals surface area contributed by atoms with Crippen LogP contribution in [0.15, 0.2) is 24.3 Å². The van der Waals surface area contributed by atoms with Gasteiger partial charge in [0, 0.05) is 12.3 Å². The maximum Gasteiger partial charge on any atom is 0.232 e. The number of nitrogens with one attached hydrogen (secondary N) is 1. The fourth-order valence-electron chi connectivity index (χ4n) is 1.32. The van der Waals surface area contributed by atoms with E-state index in [4.69, 9.17) is 9.84 Å². The van der Waals surface area contributed by atoms with Crippen LogP contribution in [0.25, 0.3) is 0 Å². The maximum atomic E-state index is 11.6. The van der Waals surface area contributed by atoms with Crippen molar-refractivity contribution in [3.05, 3.63) is 24.3 Å². The molecule has 18 heavy (non-hydrogen) atoms. The van der Waals surface area contributed by atoms with Gasteiger partial charge in [-0.25, -0.2) is 8.42 Å². The minimum Gasteiger partial charge on any atom is -0.494 e. The third-order valence-electron chi connectivity index (χ3n) is 2.17. The number of sulfonamides is 1. The molecule has 1 aromatic carbocycles. The lowest BCUT2D eigenvalue weighted by atomic mass is 10.3. The Labute approximate surface area is 108 Å². The van der Waals surface area contributed by atoms with Crippen LogP contribution in [0.4, 0.5) is 5.69 Å². The standard InChI is InChI=1S/C12H19NO4S/c1-2-9-17-12-6-4-11(5-7-12)13-18(15,16)10-3-8-14/h4-7,13-14H,2-3,8-10H2,1H3. The van der Waals surface area contributed by atoms with Crippen LogP contribution in [-0.2, 0) is 10.0 Å². The highest BCUT2D eigenvalue weighted by atomic mass is 32.2. The lowest BCUT2D eigenvalue weighted by molar-refractivity contribution is 0.295. The summed E-state index contributed by atoms with van der Waals surface area (Å²) in [7, 11) is -3.38. The largest absolute Gasteiger partial charge is 0.494 e. The predicted molar refractivity (Wildman–Crippen MR) is 71.3 cm³/mol. The molecule has 0 aliphatic heterocycles. The normalized spacial score (nSPS) is 11.2. The number of ether oxygens (including phenoxy) is 1. The summed E-state index contributed by atoms with van der Waals surface area (Å²) in [6, 6.07) is 6.75. The number of aliphatic hydroxyl groups is 1. The topological polar surface area (TPSA) is 75.6 Å². The Kier molecular flexibility index (Phi) is 5.94. The number of rotatable bonds is 8. The molecule has 0 aromatic heterocycles. The molecule has 0 spiro atoms. The SMILES string of the molecule is CCCOc1ccc(NS(=O)(=O)CCCO)cc1. The van der Waals surface area contributed by atoms with E-state index in [1.807, 2.05) is 6.92 Å². The first-order chi connectivity index (χ1) is 8.57. The molecule has 0 aliphatic carbocycles. The molecule has 5 nitrogen and oxygen atoms in total. The van der Waals surface area contributed by atoms with E-state index in [-0.39, 0.29) is 18.8 Å². The van der Waals surface area contributed by atoms with Gasteiger partial charge in [-0.05, 0) is 37.1 Å². The molecule has 0 heterocycles. The molecular weight excluding hydrogens is 254 g/mol. The van der Waals surface area contributed by atoms with E-state index in [9.17, 15) is 8.42 Å². The highest BCUT2D eigenvalue weighted by Crippen LogP contribution is 2.17. The van der Waals surface area contributed by atoms with Gasteiger partial charge in [0.2, 0.25) is 10.0 Å². The van der Waals surface area contributed by atoms with E-state index in [1.54, 1.807) is 24.3 Å². The predicted octanol–water partition coefficient (Wildman–Crippen LogP) is 1.60. The van der Waals surface area contributed by atoms with Gasteiger partial charge in [-0.2, -0.15) is 0 Å². The number of benzene rings is 1. The number of hydrogen-bond acceptors (Lipinski definition) is 4. The third kappa shape index (κ3) is 5.37. The fraction of sp³-hybridized carbons (Fsp3) is 0.500. The molecule has 0 bridgehead atoms. The molecule has 0 radical (unpaired) electrons.